The van der Waals surface area contributed by atoms with Gasteiger partial charge in [0.25, 0.3) is 0 Å². The zero-order valence-electron chi connectivity index (χ0n) is 14.7. The molecule has 1 saturated heterocycles. The summed E-state index contributed by atoms with van der Waals surface area (Å²) in [4.78, 5) is 0. The third-order valence-electron chi connectivity index (χ3n) is 4.42. The van der Waals surface area contributed by atoms with Gasteiger partial charge < -0.3 is 9.47 Å². The summed E-state index contributed by atoms with van der Waals surface area (Å²) >= 11 is 1.70. The third-order valence-corrected chi connectivity index (χ3v) is 5.48. The van der Waals surface area contributed by atoms with Crippen molar-refractivity contribution in [2.24, 2.45) is 0 Å². The summed E-state index contributed by atoms with van der Waals surface area (Å²) in [5, 5.41) is 9.82. The van der Waals surface area contributed by atoms with Gasteiger partial charge in [-0.15, -0.1) is 10.2 Å². The van der Waals surface area contributed by atoms with Crippen LogP contribution in [0.1, 0.15) is 12.8 Å². The molecule has 4 rings (SSSR count). The van der Waals surface area contributed by atoms with Crippen molar-refractivity contribution in [3.8, 4) is 22.8 Å². The molecule has 1 aliphatic rings. The Hall–Kier alpha value is -2.31. The van der Waals surface area contributed by atoms with Gasteiger partial charge >= 0.3 is 0 Å². The second-order valence-electron chi connectivity index (χ2n) is 6.15. The van der Waals surface area contributed by atoms with Crippen LogP contribution in [0, 0.1) is 0 Å². The fourth-order valence-corrected chi connectivity index (χ4v) is 4.06. The van der Waals surface area contributed by atoms with E-state index in [0.717, 1.165) is 53.2 Å². The van der Waals surface area contributed by atoms with Gasteiger partial charge in [0, 0.05) is 23.6 Å². The van der Waals surface area contributed by atoms with Crippen molar-refractivity contribution in [1.29, 1.82) is 0 Å². The summed E-state index contributed by atoms with van der Waals surface area (Å²) in [7, 11) is 1.67. The van der Waals surface area contributed by atoms with Crippen molar-refractivity contribution in [1.82, 2.24) is 14.8 Å². The van der Waals surface area contributed by atoms with Crippen molar-refractivity contribution < 1.29 is 9.47 Å². The van der Waals surface area contributed by atoms with Gasteiger partial charge in [0.2, 0.25) is 0 Å². The minimum absolute atomic E-state index is 0.311. The molecule has 1 aromatic heterocycles. The predicted octanol–water partition coefficient (Wildman–Crippen LogP) is 4.21. The normalized spacial score (nSPS) is 16.7. The van der Waals surface area contributed by atoms with Crippen LogP contribution < -0.4 is 4.74 Å². The van der Waals surface area contributed by atoms with E-state index >= 15 is 0 Å². The number of methoxy groups -OCH3 is 1. The zero-order chi connectivity index (χ0) is 17.8. The predicted molar refractivity (Wildman–Crippen MR) is 103 cm³/mol. The first kappa shape index (κ1) is 17.1. The Morgan fingerprint density at radius 2 is 1.92 bits per heavy atom. The van der Waals surface area contributed by atoms with E-state index in [1.165, 1.54) is 0 Å². The standard InChI is InChI=1S/C20H21N3O2S/c1-24-17-11-9-15(10-12-17)19-21-22-20(26-14-18-8-5-13-25-18)23(19)16-6-3-2-4-7-16/h2-4,6-7,9-12,18H,5,8,13-14H2,1H3. The van der Waals surface area contributed by atoms with Crippen molar-refractivity contribution >= 4 is 11.8 Å². The van der Waals surface area contributed by atoms with Gasteiger partial charge in [-0.3, -0.25) is 4.57 Å². The van der Waals surface area contributed by atoms with Crippen molar-refractivity contribution in [2.75, 3.05) is 19.5 Å². The van der Waals surface area contributed by atoms with Gasteiger partial charge in [0.05, 0.1) is 13.2 Å². The lowest BCUT2D eigenvalue weighted by molar-refractivity contribution is 0.129. The molecule has 1 atom stereocenters. The van der Waals surface area contributed by atoms with Crippen LogP contribution in [0.5, 0.6) is 5.75 Å². The molecule has 5 nitrogen and oxygen atoms in total. The Balaban J connectivity index is 1.68. The maximum absolute atomic E-state index is 5.75. The summed E-state index contributed by atoms with van der Waals surface area (Å²) < 4.78 is 13.1. The molecule has 0 radical (unpaired) electrons. The summed E-state index contributed by atoms with van der Waals surface area (Å²) in [6.07, 6.45) is 2.58. The average molecular weight is 367 g/mol. The van der Waals surface area contributed by atoms with Gasteiger partial charge in [-0.05, 0) is 49.2 Å². The Morgan fingerprint density at radius 1 is 1.12 bits per heavy atom. The summed E-state index contributed by atoms with van der Waals surface area (Å²) in [6.45, 7) is 0.869. The van der Waals surface area contributed by atoms with Gasteiger partial charge in [0.1, 0.15) is 5.75 Å². The van der Waals surface area contributed by atoms with Crippen molar-refractivity contribution in [2.45, 2.75) is 24.1 Å². The third kappa shape index (κ3) is 3.61. The first-order chi connectivity index (χ1) is 12.8. The summed E-state index contributed by atoms with van der Waals surface area (Å²) in [5.74, 6) is 2.55. The first-order valence-electron chi connectivity index (χ1n) is 8.75. The van der Waals surface area contributed by atoms with E-state index in [2.05, 4.69) is 26.9 Å². The minimum atomic E-state index is 0.311. The monoisotopic (exact) mass is 367 g/mol. The maximum atomic E-state index is 5.75. The fraction of sp³-hybridized carbons (Fsp3) is 0.300. The number of ether oxygens (including phenoxy) is 2. The van der Waals surface area contributed by atoms with Gasteiger partial charge in [-0.1, -0.05) is 30.0 Å². The Morgan fingerprint density at radius 3 is 2.62 bits per heavy atom. The van der Waals surface area contributed by atoms with Crippen LogP contribution in [0.15, 0.2) is 59.8 Å². The number of rotatable bonds is 6. The van der Waals surface area contributed by atoms with Gasteiger partial charge in [-0.2, -0.15) is 0 Å². The van der Waals surface area contributed by atoms with Crippen LogP contribution in [0.2, 0.25) is 0 Å². The number of para-hydroxylation sites is 1. The average Bonchev–Trinajstić information content (AvgIpc) is 3.37. The van der Waals surface area contributed by atoms with E-state index < -0.39 is 0 Å². The SMILES string of the molecule is COc1ccc(-c2nnc(SCC3CCCO3)n2-c2ccccc2)cc1. The molecule has 0 N–H and O–H groups in total. The molecule has 134 valence electrons. The number of thioether (sulfide) groups is 1. The first-order valence-corrected chi connectivity index (χ1v) is 9.73. The molecular weight excluding hydrogens is 346 g/mol. The Labute approximate surface area is 157 Å². The van der Waals surface area contributed by atoms with Crippen LogP contribution in [0.4, 0.5) is 0 Å². The molecule has 1 fully saturated rings. The molecule has 26 heavy (non-hydrogen) atoms. The highest BCUT2D eigenvalue weighted by Crippen LogP contribution is 2.30. The lowest BCUT2D eigenvalue weighted by Crippen LogP contribution is -2.09. The van der Waals surface area contributed by atoms with Crippen LogP contribution in [0.3, 0.4) is 0 Å². The van der Waals surface area contributed by atoms with E-state index in [9.17, 15) is 0 Å². The molecule has 1 aliphatic heterocycles. The van der Waals surface area contributed by atoms with E-state index in [-0.39, 0.29) is 0 Å². The van der Waals surface area contributed by atoms with Crippen LogP contribution in [-0.4, -0.2) is 40.3 Å². The topological polar surface area (TPSA) is 49.2 Å². The molecule has 2 heterocycles. The molecule has 6 heteroatoms. The van der Waals surface area contributed by atoms with Crippen LogP contribution in [-0.2, 0) is 4.74 Å². The largest absolute Gasteiger partial charge is 0.497 e. The summed E-state index contributed by atoms with van der Waals surface area (Å²) in [5.41, 5.74) is 2.06. The number of hydrogen-bond donors (Lipinski definition) is 0. The maximum Gasteiger partial charge on any atom is 0.196 e. The van der Waals surface area contributed by atoms with Crippen LogP contribution in [0.25, 0.3) is 17.1 Å². The minimum Gasteiger partial charge on any atom is -0.497 e. The number of aromatic nitrogens is 3. The number of nitrogens with zero attached hydrogens (tertiary/aromatic N) is 3. The van der Waals surface area contributed by atoms with E-state index in [1.807, 2.05) is 42.5 Å². The highest BCUT2D eigenvalue weighted by atomic mass is 32.2. The fourth-order valence-electron chi connectivity index (χ4n) is 3.04. The van der Waals surface area contributed by atoms with E-state index in [4.69, 9.17) is 9.47 Å². The zero-order valence-corrected chi connectivity index (χ0v) is 15.5. The molecule has 0 saturated carbocycles. The highest BCUT2D eigenvalue weighted by Gasteiger charge is 2.20. The lowest BCUT2D eigenvalue weighted by atomic mass is 10.2. The Bertz CT molecular complexity index is 843. The number of benzene rings is 2. The molecular formula is C20H21N3O2S. The Kier molecular flexibility index (Phi) is 5.22. The summed E-state index contributed by atoms with van der Waals surface area (Å²) in [6, 6.07) is 18.1. The molecule has 2 aromatic carbocycles. The van der Waals surface area contributed by atoms with Crippen molar-refractivity contribution in [3.63, 3.8) is 0 Å². The smallest absolute Gasteiger partial charge is 0.196 e. The molecule has 3 aromatic rings. The molecule has 0 bridgehead atoms. The quantitative estimate of drug-likeness (QED) is 0.611. The van der Waals surface area contributed by atoms with Gasteiger partial charge in [0.15, 0.2) is 11.0 Å². The molecule has 1 unspecified atom stereocenters. The van der Waals surface area contributed by atoms with E-state index in [0.29, 0.717) is 6.10 Å². The van der Waals surface area contributed by atoms with Gasteiger partial charge in [-0.25, -0.2) is 0 Å². The van der Waals surface area contributed by atoms with Crippen molar-refractivity contribution in [3.05, 3.63) is 54.6 Å². The second-order valence-corrected chi connectivity index (χ2v) is 7.14. The van der Waals surface area contributed by atoms with Crippen LogP contribution >= 0.6 is 11.8 Å². The van der Waals surface area contributed by atoms with E-state index in [1.54, 1.807) is 18.9 Å². The molecule has 0 spiro atoms. The lowest BCUT2D eigenvalue weighted by Gasteiger charge is -2.12. The molecule has 0 amide bonds. The highest BCUT2D eigenvalue weighted by molar-refractivity contribution is 7.99. The number of hydrogen-bond acceptors (Lipinski definition) is 5. The second kappa shape index (κ2) is 7.93. The molecule has 0 aliphatic carbocycles.